The second-order valence-electron chi connectivity index (χ2n) is 10.7. The molecule has 0 spiro atoms. The summed E-state index contributed by atoms with van der Waals surface area (Å²) >= 11 is 0. The molecule has 3 fully saturated rings. The maximum Gasteiger partial charge on any atom is 0.265 e. The highest BCUT2D eigenvalue weighted by atomic mass is 32.2. The normalized spacial score (nSPS) is 30.3. The molecule has 3 aliphatic rings. The summed E-state index contributed by atoms with van der Waals surface area (Å²) in [6.45, 7) is 10.9. The summed E-state index contributed by atoms with van der Waals surface area (Å²) in [7, 11) is -1.42. The molecule has 1 aliphatic carbocycles. The van der Waals surface area contributed by atoms with Gasteiger partial charge in [0.1, 0.15) is 0 Å². The van der Waals surface area contributed by atoms with Gasteiger partial charge in [-0.05, 0) is 54.4 Å². The Balaban J connectivity index is 1.46. The van der Waals surface area contributed by atoms with E-state index in [9.17, 15) is 13.2 Å². The van der Waals surface area contributed by atoms with E-state index in [0.29, 0.717) is 12.1 Å². The first-order valence-corrected chi connectivity index (χ1v) is 12.4. The van der Waals surface area contributed by atoms with E-state index in [1.165, 1.54) is 4.90 Å². The minimum atomic E-state index is -3.57. The summed E-state index contributed by atoms with van der Waals surface area (Å²) in [6, 6.07) is 6.46. The predicted molar refractivity (Wildman–Crippen MR) is 116 cm³/mol. The molecule has 8 heteroatoms. The van der Waals surface area contributed by atoms with E-state index in [0.717, 1.165) is 45.4 Å². The molecule has 0 radical (unpaired) electrons. The second kappa shape index (κ2) is 7.58. The van der Waals surface area contributed by atoms with Gasteiger partial charge in [0.25, 0.3) is 5.91 Å². The van der Waals surface area contributed by atoms with Gasteiger partial charge >= 0.3 is 0 Å². The van der Waals surface area contributed by atoms with Gasteiger partial charge in [0.05, 0.1) is 38.1 Å². The lowest BCUT2D eigenvalue weighted by molar-refractivity contribution is -0.884. The van der Waals surface area contributed by atoms with E-state index >= 15 is 0 Å². The van der Waals surface area contributed by atoms with Gasteiger partial charge in [0, 0.05) is 18.2 Å². The predicted octanol–water partition coefficient (Wildman–Crippen LogP) is 0.751. The monoisotopic (exact) mass is 435 g/mol. The fourth-order valence-electron chi connectivity index (χ4n) is 5.81. The van der Waals surface area contributed by atoms with E-state index in [2.05, 4.69) is 33.2 Å². The lowest BCUT2D eigenvalue weighted by Gasteiger charge is -2.39. The lowest BCUT2D eigenvalue weighted by atomic mass is 9.65. The Morgan fingerprint density at radius 3 is 2.37 bits per heavy atom. The quantitative estimate of drug-likeness (QED) is 0.732. The van der Waals surface area contributed by atoms with Gasteiger partial charge in [0.15, 0.2) is 0 Å². The Bertz CT molecular complexity index is 907. The number of carbonyl (C=O) groups excluding carboxylic acids is 1. The molecule has 2 aliphatic heterocycles. The van der Waals surface area contributed by atoms with Crippen LogP contribution in [-0.4, -0.2) is 69.5 Å². The zero-order valence-electron chi connectivity index (χ0n) is 18.6. The Morgan fingerprint density at radius 2 is 1.73 bits per heavy atom. The number of nitrogens with zero attached hydrogens (tertiary/aromatic N) is 2. The summed E-state index contributed by atoms with van der Waals surface area (Å²) < 4.78 is 28.5. The first-order chi connectivity index (χ1) is 14.0. The van der Waals surface area contributed by atoms with Crippen molar-refractivity contribution in [1.82, 2.24) is 14.7 Å². The zero-order chi connectivity index (χ0) is 21.7. The standard InChI is InChI=1S/C22H34N4O3S/c1-21(2)13-18-14-22(3,15-21)16-26(18)30(28,29)19-7-5-17(6-8-19)20(27)23-25-11-9-24(4)10-12-25/h5-8,18H,9-16H2,1-4H3,(H,23,27)/p+1/t18-,22+/m1/s1. The molecule has 166 valence electrons. The number of sulfonamides is 1. The van der Waals surface area contributed by atoms with Crippen LogP contribution in [0.1, 0.15) is 50.4 Å². The highest BCUT2D eigenvalue weighted by Crippen LogP contribution is 2.53. The Labute approximate surface area is 180 Å². The molecule has 2 N–H and O–H groups in total. The molecule has 30 heavy (non-hydrogen) atoms. The number of rotatable bonds is 4. The average molecular weight is 436 g/mol. The Morgan fingerprint density at radius 1 is 1.10 bits per heavy atom. The fourth-order valence-corrected chi connectivity index (χ4v) is 7.59. The highest BCUT2D eigenvalue weighted by molar-refractivity contribution is 7.89. The molecule has 1 aromatic carbocycles. The maximum atomic E-state index is 13.4. The van der Waals surface area contributed by atoms with Gasteiger partial charge in [0.2, 0.25) is 10.0 Å². The molecule has 2 heterocycles. The number of benzene rings is 1. The van der Waals surface area contributed by atoms with Gasteiger partial charge in [-0.15, -0.1) is 0 Å². The molecule has 0 aromatic heterocycles. The van der Waals surface area contributed by atoms with Crippen molar-refractivity contribution >= 4 is 15.9 Å². The average Bonchev–Trinajstić information content (AvgIpc) is 2.93. The molecular formula is C22H35N4O3S+. The molecule has 2 saturated heterocycles. The van der Waals surface area contributed by atoms with Gasteiger partial charge in [-0.1, -0.05) is 20.8 Å². The van der Waals surface area contributed by atoms with Gasteiger partial charge < -0.3 is 4.90 Å². The van der Waals surface area contributed by atoms with Crippen LogP contribution in [0.5, 0.6) is 0 Å². The fraction of sp³-hybridized carbons (Fsp3) is 0.682. The van der Waals surface area contributed by atoms with Crippen molar-refractivity contribution in [1.29, 1.82) is 0 Å². The Kier molecular flexibility index (Phi) is 5.50. The summed E-state index contributed by atoms with van der Waals surface area (Å²) in [6.07, 6.45) is 2.88. The molecule has 0 unspecified atom stereocenters. The molecule has 2 bridgehead atoms. The number of carbonyl (C=O) groups is 1. The van der Waals surface area contributed by atoms with Crippen molar-refractivity contribution in [2.75, 3.05) is 39.8 Å². The van der Waals surface area contributed by atoms with Crippen molar-refractivity contribution < 1.29 is 18.1 Å². The largest absolute Gasteiger partial charge is 0.335 e. The van der Waals surface area contributed by atoms with E-state index in [1.54, 1.807) is 28.6 Å². The number of hydrogen-bond donors (Lipinski definition) is 2. The number of quaternary nitrogens is 1. The van der Waals surface area contributed by atoms with Crippen LogP contribution >= 0.6 is 0 Å². The van der Waals surface area contributed by atoms with Crippen LogP contribution < -0.4 is 10.3 Å². The third kappa shape index (κ3) is 4.28. The summed E-state index contributed by atoms with van der Waals surface area (Å²) in [5.41, 5.74) is 3.62. The van der Waals surface area contributed by atoms with Crippen LogP contribution in [0.2, 0.25) is 0 Å². The summed E-state index contributed by atoms with van der Waals surface area (Å²) in [5, 5.41) is 1.94. The summed E-state index contributed by atoms with van der Waals surface area (Å²) in [4.78, 5) is 14.3. The topological polar surface area (TPSA) is 74.2 Å². The zero-order valence-corrected chi connectivity index (χ0v) is 19.4. The van der Waals surface area contributed by atoms with Crippen molar-refractivity contribution in [3.05, 3.63) is 29.8 Å². The third-order valence-corrected chi connectivity index (χ3v) is 8.88. The van der Waals surface area contributed by atoms with Crippen LogP contribution in [0, 0.1) is 10.8 Å². The molecule has 7 nitrogen and oxygen atoms in total. The van der Waals surface area contributed by atoms with Crippen LogP contribution in [-0.2, 0) is 10.0 Å². The number of fused-ring (bicyclic) bond motifs is 2. The number of piperazine rings is 1. The SMILES string of the molecule is C[NH+]1CCN(NC(=O)c2ccc(S(=O)(=O)N3C[C@@]4(C)C[C@H]3CC(C)(C)C4)cc2)CC1. The molecule has 1 amide bonds. The smallest absolute Gasteiger partial charge is 0.265 e. The molecule has 1 aromatic rings. The van der Waals surface area contributed by atoms with Gasteiger partial charge in [-0.3, -0.25) is 10.2 Å². The number of likely N-dealkylation sites (N-methyl/N-ethyl adjacent to an activating group) is 1. The number of hydrogen-bond acceptors (Lipinski definition) is 4. The van der Waals surface area contributed by atoms with Crippen LogP contribution in [0.15, 0.2) is 29.2 Å². The highest BCUT2D eigenvalue weighted by Gasteiger charge is 2.53. The molecule has 2 atom stereocenters. The lowest BCUT2D eigenvalue weighted by Crippen LogP contribution is -3.12. The number of nitrogens with one attached hydrogen (secondary N) is 2. The number of amides is 1. The van der Waals surface area contributed by atoms with E-state index in [4.69, 9.17) is 0 Å². The first-order valence-electron chi connectivity index (χ1n) is 11.0. The molecule has 4 rings (SSSR count). The van der Waals surface area contributed by atoms with Gasteiger partial charge in [-0.2, -0.15) is 4.31 Å². The van der Waals surface area contributed by atoms with Crippen molar-refractivity contribution in [3.63, 3.8) is 0 Å². The summed E-state index contributed by atoms with van der Waals surface area (Å²) in [5.74, 6) is -0.190. The van der Waals surface area contributed by atoms with Crippen LogP contribution in [0.3, 0.4) is 0 Å². The van der Waals surface area contributed by atoms with E-state index < -0.39 is 10.0 Å². The van der Waals surface area contributed by atoms with E-state index in [1.807, 2.05) is 5.01 Å². The number of hydrazine groups is 1. The first kappa shape index (κ1) is 21.7. The minimum absolute atomic E-state index is 0.0452. The van der Waals surface area contributed by atoms with Gasteiger partial charge in [-0.25, -0.2) is 13.4 Å². The third-order valence-electron chi connectivity index (χ3n) is 6.97. The van der Waals surface area contributed by atoms with Crippen molar-refractivity contribution in [3.8, 4) is 0 Å². The van der Waals surface area contributed by atoms with Crippen LogP contribution in [0.4, 0.5) is 0 Å². The Hall–Kier alpha value is -1.48. The van der Waals surface area contributed by atoms with Crippen molar-refractivity contribution in [2.45, 2.75) is 51.0 Å². The van der Waals surface area contributed by atoms with Crippen molar-refractivity contribution in [2.24, 2.45) is 10.8 Å². The van der Waals surface area contributed by atoms with Crippen LogP contribution in [0.25, 0.3) is 0 Å². The van der Waals surface area contributed by atoms with E-state index in [-0.39, 0.29) is 27.7 Å². The second-order valence-corrected chi connectivity index (χ2v) is 12.6. The maximum absolute atomic E-state index is 13.4. The minimum Gasteiger partial charge on any atom is -0.335 e. The molecular weight excluding hydrogens is 400 g/mol. The molecule has 1 saturated carbocycles.